The van der Waals surface area contributed by atoms with Crippen molar-refractivity contribution in [2.75, 3.05) is 0 Å². The Labute approximate surface area is 685 Å². The molecule has 114 heavy (non-hydrogen) atoms. The number of pyridine rings is 4. The number of fused-ring (bicyclic) bond motifs is 9. The fourth-order valence-electron chi connectivity index (χ4n) is 15.7. The molecule has 7 nitrogen and oxygen atoms in total. The van der Waals surface area contributed by atoms with Crippen molar-refractivity contribution in [3.8, 4) is 118 Å². The van der Waals surface area contributed by atoms with Crippen LogP contribution in [0.1, 0.15) is 0 Å². The van der Waals surface area contributed by atoms with E-state index >= 15 is 0 Å². The summed E-state index contributed by atoms with van der Waals surface area (Å²) in [6.07, 6.45) is 3.67. The SMILES string of the molecule is Brc1ccc2c(c1)c1ccccc1n2-c1cccc(-c2cc(-c3ccccc3)cc(-c3ccccc3)n2)c1.Brc1ccc2c(c1)c1ccccc1n2-c1cccc(-c2cc(-c3ccccc3)nc(-c3ccccc3)c2)c1.Brc1ccc2c(c1)c1ccccc1n2-c1cccc(-c2cc(-c3ccccn3)cc(-c3ccccn3)c2)c1. The van der Waals surface area contributed by atoms with E-state index in [9.17, 15) is 0 Å². The maximum atomic E-state index is 5.14. The molecule has 7 aromatic heterocycles. The van der Waals surface area contributed by atoms with E-state index in [-0.39, 0.29) is 0 Å². The maximum Gasteiger partial charge on any atom is 0.0716 e. The highest BCUT2D eigenvalue weighted by atomic mass is 79.9. The average Bonchev–Trinajstić information content (AvgIpc) is 1.69. The molecule has 0 unspecified atom stereocenters. The molecule has 0 bridgehead atoms. The predicted octanol–water partition coefficient (Wildman–Crippen LogP) is 29.2. The molecule has 0 spiro atoms. The Kier molecular flexibility index (Phi) is 19.5. The van der Waals surface area contributed by atoms with Gasteiger partial charge in [-0.05, 0) is 209 Å². The van der Waals surface area contributed by atoms with Gasteiger partial charge in [-0.2, -0.15) is 0 Å². The van der Waals surface area contributed by atoms with Gasteiger partial charge in [0.1, 0.15) is 0 Å². The summed E-state index contributed by atoms with van der Waals surface area (Å²) in [5, 5.41) is 7.43. The summed E-state index contributed by atoms with van der Waals surface area (Å²) < 4.78 is 10.3. The molecule has 0 aliphatic rings. The fraction of sp³-hybridized carbons (Fsp3) is 0. The first kappa shape index (κ1) is 70.9. The molecular formula is C104H68Br3N7. The second kappa shape index (κ2) is 31.4. The zero-order valence-corrected chi connectivity index (χ0v) is 66.3. The number of hydrogen-bond donors (Lipinski definition) is 0. The lowest BCUT2D eigenvalue weighted by Gasteiger charge is -2.13. The summed E-state index contributed by atoms with van der Waals surface area (Å²) in [7, 11) is 0. The summed E-state index contributed by atoms with van der Waals surface area (Å²) in [4.78, 5) is 19.4. The molecule has 0 aliphatic heterocycles. The van der Waals surface area contributed by atoms with Gasteiger partial charge < -0.3 is 13.7 Å². The zero-order chi connectivity index (χ0) is 76.4. The molecule has 21 aromatic rings. The molecule has 21 rings (SSSR count). The largest absolute Gasteiger partial charge is 0.309 e. The van der Waals surface area contributed by atoms with Gasteiger partial charge >= 0.3 is 0 Å². The third-order valence-electron chi connectivity index (χ3n) is 21.0. The Morgan fingerprint density at radius 1 is 0.167 bits per heavy atom. The van der Waals surface area contributed by atoms with E-state index in [0.717, 1.165) is 126 Å². The Morgan fingerprint density at radius 3 is 0.816 bits per heavy atom. The van der Waals surface area contributed by atoms with Crippen LogP contribution in [0.15, 0.2) is 426 Å². The Balaban J connectivity index is 0.000000115. The van der Waals surface area contributed by atoms with Crippen molar-refractivity contribution in [1.29, 1.82) is 0 Å². The van der Waals surface area contributed by atoms with E-state index < -0.39 is 0 Å². The molecule has 0 radical (unpaired) electrons. The minimum Gasteiger partial charge on any atom is -0.309 e. The minimum atomic E-state index is 0.940. The van der Waals surface area contributed by atoms with Crippen LogP contribution in [0.5, 0.6) is 0 Å². The van der Waals surface area contributed by atoms with Gasteiger partial charge in [0.25, 0.3) is 0 Å². The van der Waals surface area contributed by atoms with Crippen LogP contribution in [-0.4, -0.2) is 33.6 Å². The number of hydrogen-bond acceptors (Lipinski definition) is 4. The van der Waals surface area contributed by atoms with Crippen LogP contribution in [0.2, 0.25) is 0 Å². The molecule has 0 fully saturated rings. The monoisotopic (exact) mass is 1650 g/mol. The summed E-state index contributed by atoms with van der Waals surface area (Å²) in [5.41, 5.74) is 29.7. The summed E-state index contributed by atoms with van der Waals surface area (Å²) in [6, 6.07) is 141. The molecule has 0 amide bonds. The van der Waals surface area contributed by atoms with Crippen molar-refractivity contribution in [2.24, 2.45) is 0 Å². The van der Waals surface area contributed by atoms with Gasteiger partial charge in [-0.25, -0.2) is 9.97 Å². The third-order valence-corrected chi connectivity index (χ3v) is 22.5. The lowest BCUT2D eigenvalue weighted by molar-refractivity contribution is 1.18. The Morgan fingerprint density at radius 2 is 0.447 bits per heavy atom. The first-order chi connectivity index (χ1) is 56.2. The van der Waals surface area contributed by atoms with Gasteiger partial charge in [0.2, 0.25) is 0 Å². The normalized spacial score (nSPS) is 11.3. The van der Waals surface area contributed by atoms with Crippen LogP contribution in [0.3, 0.4) is 0 Å². The van der Waals surface area contributed by atoms with Gasteiger partial charge in [0, 0.05) is 109 Å². The van der Waals surface area contributed by atoms with Gasteiger partial charge in [-0.15, -0.1) is 0 Å². The van der Waals surface area contributed by atoms with E-state index in [0.29, 0.717) is 0 Å². The van der Waals surface area contributed by atoms with Crippen molar-refractivity contribution >= 4 is 113 Å². The molecule has 10 heteroatoms. The first-order valence-electron chi connectivity index (χ1n) is 37.9. The highest BCUT2D eigenvalue weighted by Gasteiger charge is 2.20. The number of benzene rings is 14. The Bertz CT molecular complexity index is 6270. The summed E-state index contributed by atoms with van der Waals surface area (Å²) in [6.45, 7) is 0. The highest BCUT2D eigenvalue weighted by molar-refractivity contribution is 9.11. The van der Waals surface area contributed by atoms with Crippen LogP contribution < -0.4 is 0 Å². The van der Waals surface area contributed by atoms with E-state index in [1.165, 1.54) is 71.0 Å². The van der Waals surface area contributed by atoms with Gasteiger partial charge in [0.15, 0.2) is 0 Å². The second-order valence-electron chi connectivity index (χ2n) is 28.1. The van der Waals surface area contributed by atoms with Crippen LogP contribution in [0.25, 0.3) is 183 Å². The molecule has 0 saturated heterocycles. The Hall–Kier alpha value is -13.5. The predicted molar refractivity (Wildman–Crippen MR) is 486 cm³/mol. The maximum absolute atomic E-state index is 5.14. The van der Waals surface area contributed by atoms with E-state index in [2.05, 4.69) is 417 Å². The topological polar surface area (TPSA) is 66.3 Å². The third kappa shape index (κ3) is 14.2. The quantitative estimate of drug-likeness (QED) is 0.122. The van der Waals surface area contributed by atoms with Crippen molar-refractivity contribution in [1.82, 2.24) is 33.6 Å². The number of nitrogens with zero attached hydrogens (tertiary/aromatic N) is 7. The summed E-state index contributed by atoms with van der Waals surface area (Å²) >= 11 is 11.0. The molecule has 7 heterocycles. The van der Waals surface area contributed by atoms with Crippen molar-refractivity contribution < 1.29 is 0 Å². The second-order valence-corrected chi connectivity index (χ2v) is 30.9. The number of rotatable bonds is 12. The number of para-hydroxylation sites is 3. The minimum absolute atomic E-state index is 0.940. The van der Waals surface area contributed by atoms with Crippen molar-refractivity contribution in [3.63, 3.8) is 0 Å². The number of aromatic nitrogens is 7. The summed E-state index contributed by atoms with van der Waals surface area (Å²) in [5.74, 6) is 0. The molecule has 0 aliphatic carbocycles. The van der Waals surface area contributed by atoms with Gasteiger partial charge in [-0.3, -0.25) is 9.97 Å². The van der Waals surface area contributed by atoms with Crippen molar-refractivity contribution in [3.05, 3.63) is 426 Å². The van der Waals surface area contributed by atoms with Crippen LogP contribution in [0, 0.1) is 0 Å². The average molecular weight is 1660 g/mol. The van der Waals surface area contributed by atoms with Gasteiger partial charge in [0.05, 0.1) is 67.3 Å². The van der Waals surface area contributed by atoms with Crippen LogP contribution >= 0.6 is 47.8 Å². The van der Waals surface area contributed by atoms with E-state index in [4.69, 9.17) is 9.97 Å². The molecule has 0 atom stereocenters. The molecular weight excluding hydrogens is 1590 g/mol. The lowest BCUT2D eigenvalue weighted by Crippen LogP contribution is -1.96. The molecule has 14 aromatic carbocycles. The van der Waals surface area contributed by atoms with E-state index in [1.807, 2.05) is 67.0 Å². The van der Waals surface area contributed by atoms with Crippen molar-refractivity contribution in [2.45, 2.75) is 0 Å². The molecule has 0 saturated carbocycles. The molecule has 540 valence electrons. The lowest BCUT2D eigenvalue weighted by atomic mass is 9.96. The molecule has 0 N–H and O–H groups in total. The zero-order valence-electron chi connectivity index (χ0n) is 61.5. The van der Waals surface area contributed by atoms with Crippen LogP contribution in [-0.2, 0) is 0 Å². The first-order valence-corrected chi connectivity index (χ1v) is 40.2. The smallest absolute Gasteiger partial charge is 0.0716 e. The van der Waals surface area contributed by atoms with Gasteiger partial charge in [-0.1, -0.05) is 272 Å². The fourth-order valence-corrected chi connectivity index (χ4v) is 16.8. The highest BCUT2D eigenvalue weighted by Crippen LogP contribution is 2.42. The van der Waals surface area contributed by atoms with E-state index in [1.54, 1.807) is 0 Å². The number of halogens is 3. The van der Waals surface area contributed by atoms with Crippen LogP contribution in [0.4, 0.5) is 0 Å². The standard InChI is InChI=1S/2C35H23BrN2.C34H22BrN3/c36-28-18-19-35-31(23-28)30-16-7-8-17-34(30)38(35)29-15-9-14-26(20-29)27-21-32(24-10-3-1-4-11-24)37-33(22-27)25-12-5-2-6-13-25;36-28-18-19-35-31(23-28)30-16-7-8-17-34(30)38(35)29-15-9-14-26(20-29)33-22-27(24-10-3-1-4-11-24)21-32(37-33)25-12-5-2-6-13-25;35-27-14-15-34-30(22-27)29-10-1-2-13-33(29)38(34)28-9-7-8-23(21-28)24-18-25(31-11-3-5-16-36-31)20-26(19-24)32-12-4-6-17-37-32/h2*1-23H;1-22H.